The van der Waals surface area contributed by atoms with E-state index in [1.54, 1.807) is 125 Å². The number of amides is 7. The zero-order valence-electron chi connectivity index (χ0n) is 56.4. The number of carbonyl (C=O) groups excluding carboxylic acids is 7. The van der Waals surface area contributed by atoms with Crippen LogP contribution in [0.4, 0.5) is 28.8 Å². The lowest BCUT2D eigenvalue weighted by Gasteiger charge is -2.25. The molecule has 1 rings (SSSR count). The molecule has 0 aliphatic rings. The van der Waals surface area contributed by atoms with Gasteiger partial charge in [-0.3, -0.25) is 40.9 Å². The molecule has 0 bridgehead atoms. The molecule has 0 saturated heterocycles. The molecule has 0 spiro atoms. The van der Waals surface area contributed by atoms with Gasteiger partial charge in [-0.25, -0.2) is 28.8 Å². The van der Waals surface area contributed by atoms with Crippen LogP contribution in [0, 0.1) is 0 Å². The first kappa shape index (κ1) is 79.3. The van der Waals surface area contributed by atoms with E-state index in [9.17, 15) is 33.6 Å². The predicted molar refractivity (Wildman–Crippen MR) is 342 cm³/mol. The van der Waals surface area contributed by atoms with Crippen molar-refractivity contribution in [1.82, 2.24) is 47.4 Å². The molecule has 0 heterocycles. The Bertz CT molecular complexity index is 2260. The quantitative estimate of drug-likeness (QED) is 0.0145. The number of hydrogen-bond donors (Lipinski definition) is 9. The molecule has 10 N–H and O–H groups in total. The fourth-order valence-electron chi connectivity index (χ4n) is 7.78. The average molecular weight is 1250 g/mol. The minimum atomic E-state index is -0.947. The highest BCUT2D eigenvalue weighted by molar-refractivity contribution is 6.02. The first-order valence-electron chi connectivity index (χ1n) is 30.9. The molecule has 0 radical (unpaired) electrons. The van der Waals surface area contributed by atoms with E-state index in [2.05, 4.69) is 69.6 Å². The standard InChI is InChI=1S/C62H112N12O14/c1-57(2,3)83-51(76)68-45(28-20-23-36-66-49(70-53(78)85-59(7,8)9)71-54(79)86-60(10,11)12)43-64-35-25-39-74(41-42-82-46-32-30-44(31-33-46)27-19-22-34-63)40-26-38-65-48(75)47(69-52(77)84-58(4,5)6)29-21-24-37-67-50(72-55(80)87-61(13,14)15)73-56(81)88-62(16,17)18/h30-33,45,47,64H,19-29,34-43,63H2,1-18H3,(H,65,75)(H,68,76)(H,69,77)(H2,66,70,71,78,79)(H2,67,72,73,80,81)/t45-,47-/m0/s1. The number of benzene rings is 1. The van der Waals surface area contributed by atoms with Gasteiger partial charge in [0.2, 0.25) is 17.8 Å². The second kappa shape index (κ2) is 39.4. The highest BCUT2D eigenvalue weighted by atomic mass is 16.6. The Labute approximate surface area is 524 Å². The number of hydrogen-bond acceptors (Lipinski definition) is 19. The van der Waals surface area contributed by atoms with Crippen molar-refractivity contribution in [3.63, 3.8) is 0 Å². The summed E-state index contributed by atoms with van der Waals surface area (Å²) >= 11 is 0. The van der Waals surface area contributed by atoms with Crippen molar-refractivity contribution in [2.45, 2.75) is 241 Å². The number of carbonyl (C=O) groups is 7. The molecule has 0 aromatic heterocycles. The maximum absolute atomic E-state index is 13.8. The third-order valence-corrected chi connectivity index (χ3v) is 11.3. The molecular weight excluding hydrogens is 1140 g/mol. The minimum absolute atomic E-state index is 0.115. The predicted octanol–water partition coefficient (Wildman–Crippen LogP) is 9.07. The summed E-state index contributed by atoms with van der Waals surface area (Å²) in [6.45, 7) is 35.8. The lowest BCUT2D eigenvalue weighted by Crippen LogP contribution is -2.48. The minimum Gasteiger partial charge on any atom is -0.492 e. The van der Waals surface area contributed by atoms with E-state index in [0.29, 0.717) is 90.9 Å². The van der Waals surface area contributed by atoms with Crippen LogP contribution >= 0.6 is 0 Å². The highest BCUT2D eigenvalue weighted by Crippen LogP contribution is 2.16. The number of nitrogens with zero attached hydrogens (tertiary/aromatic N) is 3. The number of guanidine groups is 2. The third kappa shape index (κ3) is 45.6. The highest BCUT2D eigenvalue weighted by Gasteiger charge is 2.27. The van der Waals surface area contributed by atoms with E-state index in [0.717, 1.165) is 31.4 Å². The lowest BCUT2D eigenvalue weighted by atomic mass is 10.1. The van der Waals surface area contributed by atoms with Gasteiger partial charge in [0, 0.05) is 38.8 Å². The van der Waals surface area contributed by atoms with E-state index in [1.807, 2.05) is 12.1 Å². The first-order chi connectivity index (χ1) is 40.7. The molecule has 0 unspecified atom stereocenters. The van der Waals surface area contributed by atoms with Crippen molar-refractivity contribution in [1.29, 1.82) is 0 Å². The molecule has 2 atom stereocenters. The number of nitrogens with one attached hydrogen (secondary N) is 8. The third-order valence-electron chi connectivity index (χ3n) is 11.3. The molecule has 88 heavy (non-hydrogen) atoms. The van der Waals surface area contributed by atoms with Gasteiger partial charge >= 0.3 is 36.6 Å². The van der Waals surface area contributed by atoms with Gasteiger partial charge in [0.05, 0.1) is 0 Å². The molecule has 1 aromatic rings. The number of aryl methyl sites for hydroxylation is 1. The fraction of sp³-hybridized carbons (Fsp3) is 0.758. The Morgan fingerprint density at radius 1 is 0.477 bits per heavy atom. The van der Waals surface area contributed by atoms with Crippen LogP contribution in [0.25, 0.3) is 0 Å². The van der Waals surface area contributed by atoms with Gasteiger partial charge in [-0.05, 0) is 239 Å². The van der Waals surface area contributed by atoms with Gasteiger partial charge in [0.25, 0.3) is 0 Å². The second-order valence-corrected chi connectivity index (χ2v) is 27.3. The summed E-state index contributed by atoms with van der Waals surface area (Å²) in [6, 6.07) is 6.83. The smallest absolute Gasteiger partial charge is 0.414 e. The molecule has 0 saturated carbocycles. The van der Waals surface area contributed by atoms with Crippen LogP contribution < -0.4 is 53.0 Å². The Balaban J connectivity index is 3.18. The Morgan fingerprint density at radius 3 is 1.32 bits per heavy atom. The molecular formula is C62H112N12O14. The van der Waals surface area contributed by atoms with Crippen molar-refractivity contribution in [2.75, 3.05) is 65.5 Å². The molecule has 0 fully saturated rings. The second-order valence-electron chi connectivity index (χ2n) is 27.3. The SMILES string of the molecule is CC(C)(C)OC(=O)NC(=NCCCC[C@@H](CNCCCN(CCCNC(=O)[C@H](CCCCN=C(NC(=O)OC(C)(C)C)NC(=O)OC(C)(C)C)NC(=O)OC(C)(C)C)CCOc1ccc(CCCCN)cc1)NC(=O)OC(C)(C)C)NC(=O)OC(C)(C)C. The number of rotatable bonds is 31. The van der Waals surface area contributed by atoms with Gasteiger partial charge in [-0.15, -0.1) is 0 Å². The van der Waals surface area contributed by atoms with Crippen LogP contribution in [0.5, 0.6) is 5.75 Å². The van der Waals surface area contributed by atoms with Crippen LogP contribution in [0.1, 0.15) is 194 Å². The van der Waals surface area contributed by atoms with Crippen molar-refractivity contribution in [2.24, 2.45) is 15.7 Å². The van der Waals surface area contributed by atoms with Crippen LogP contribution in [-0.2, 0) is 39.6 Å². The summed E-state index contributed by atoms with van der Waals surface area (Å²) in [4.78, 5) is 101. The Morgan fingerprint density at radius 2 is 0.886 bits per heavy atom. The van der Waals surface area contributed by atoms with Crippen LogP contribution in [-0.4, -0.2) is 170 Å². The fourth-order valence-corrected chi connectivity index (χ4v) is 7.78. The molecule has 26 heteroatoms. The van der Waals surface area contributed by atoms with Crippen molar-refractivity contribution in [3.05, 3.63) is 29.8 Å². The van der Waals surface area contributed by atoms with Crippen LogP contribution in [0.2, 0.25) is 0 Å². The monoisotopic (exact) mass is 1250 g/mol. The average Bonchev–Trinajstić information content (AvgIpc) is 3.45. The summed E-state index contributed by atoms with van der Waals surface area (Å²) < 4.78 is 38.7. The Kier molecular flexibility index (Phi) is 35.5. The number of aliphatic imine (C=N–C) groups is 2. The van der Waals surface area contributed by atoms with Crippen molar-refractivity contribution >= 4 is 54.4 Å². The summed E-state index contributed by atoms with van der Waals surface area (Å²) in [5.41, 5.74) is 2.19. The Hall–Kier alpha value is -6.67. The lowest BCUT2D eigenvalue weighted by molar-refractivity contribution is -0.123. The van der Waals surface area contributed by atoms with Crippen molar-refractivity contribution in [3.8, 4) is 5.75 Å². The van der Waals surface area contributed by atoms with Crippen LogP contribution in [0.3, 0.4) is 0 Å². The van der Waals surface area contributed by atoms with E-state index >= 15 is 0 Å². The summed E-state index contributed by atoms with van der Waals surface area (Å²) in [7, 11) is 0. The topological polar surface area (TPSA) is 334 Å². The summed E-state index contributed by atoms with van der Waals surface area (Å²) in [5.74, 6) is 0.0816. The number of nitrogens with two attached hydrogens (primary N) is 1. The molecule has 504 valence electrons. The molecule has 0 aliphatic heterocycles. The van der Waals surface area contributed by atoms with Gasteiger partial charge in [-0.2, -0.15) is 0 Å². The van der Waals surface area contributed by atoms with E-state index in [4.69, 9.17) is 38.9 Å². The molecule has 26 nitrogen and oxygen atoms in total. The van der Waals surface area contributed by atoms with E-state index in [-0.39, 0.29) is 37.5 Å². The largest absolute Gasteiger partial charge is 0.492 e. The zero-order valence-corrected chi connectivity index (χ0v) is 56.4. The van der Waals surface area contributed by atoms with Gasteiger partial charge in [0.1, 0.15) is 52.0 Å². The maximum atomic E-state index is 13.8. The maximum Gasteiger partial charge on any atom is 0.414 e. The summed E-state index contributed by atoms with van der Waals surface area (Å²) in [5, 5.41) is 22.1. The van der Waals surface area contributed by atoms with Crippen molar-refractivity contribution < 1.29 is 66.7 Å². The number of unbranched alkanes of at least 4 members (excludes halogenated alkanes) is 3. The number of alkyl carbamates (subject to hydrolysis) is 6. The van der Waals surface area contributed by atoms with Gasteiger partial charge in [0.15, 0.2) is 0 Å². The molecule has 7 amide bonds. The van der Waals surface area contributed by atoms with E-state index < -0.39 is 82.1 Å². The normalized spacial score (nSPS) is 12.7. The zero-order chi connectivity index (χ0) is 66.8. The van der Waals surface area contributed by atoms with E-state index in [1.165, 1.54) is 5.56 Å². The summed E-state index contributed by atoms with van der Waals surface area (Å²) in [6.07, 6.45) is 2.50. The first-order valence-corrected chi connectivity index (χ1v) is 30.9. The van der Waals surface area contributed by atoms with Crippen LogP contribution in [0.15, 0.2) is 34.3 Å². The van der Waals surface area contributed by atoms with Gasteiger partial charge < -0.3 is 60.2 Å². The molecule has 1 aromatic carbocycles. The van der Waals surface area contributed by atoms with Gasteiger partial charge in [-0.1, -0.05) is 12.1 Å². The molecule has 0 aliphatic carbocycles. The number of ether oxygens (including phenoxy) is 7.